The lowest BCUT2D eigenvalue weighted by molar-refractivity contribution is 0.0857. The predicted molar refractivity (Wildman–Crippen MR) is 73.9 cm³/mol. The number of carbonyl (C=O) groups excluding carboxylic acids is 1. The maximum absolute atomic E-state index is 12.1. The maximum Gasteiger partial charge on any atom is 0.251 e. The van der Waals surface area contributed by atoms with Gasteiger partial charge in [-0.25, -0.2) is 0 Å². The quantitative estimate of drug-likeness (QED) is 0.866. The van der Waals surface area contributed by atoms with E-state index in [1.165, 1.54) is 5.56 Å². The van der Waals surface area contributed by atoms with Gasteiger partial charge in [0.1, 0.15) is 0 Å². The Kier molecular flexibility index (Phi) is 3.44. The van der Waals surface area contributed by atoms with Crippen molar-refractivity contribution in [3.05, 3.63) is 35.4 Å². The van der Waals surface area contributed by atoms with Crippen molar-refractivity contribution in [2.45, 2.75) is 32.2 Å². The molecule has 1 aliphatic heterocycles. The molecule has 0 atom stereocenters. The average Bonchev–Trinajstić information content (AvgIpc) is 2.26. The van der Waals surface area contributed by atoms with Gasteiger partial charge in [0.2, 0.25) is 0 Å². The number of amides is 1. The van der Waals surface area contributed by atoms with E-state index in [-0.39, 0.29) is 11.3 Å². The van der Waals surface area contributed by atoms with Gasteiger partial charge in [-0.1, -0.05) is 32.9 Å². The van der Waals surface area contributed by atoms with E-state index in [0.29, 0.717) is 6.04 Å². The number of likely N-dealkylation sites (N-methyl/N-ethyl adjacent to an activating group) is 1. The van der Waals surface area contributed by atoms with Crippen LogP contribution in [0.5, 0.6) is 0 Å². The van der Waals surface area contributed by atoms with Crippen LogP contribution in [0.3, 0.4) is 0 Å². The van der Waals surface area contributed by atoms with E-state index in [9.17, 15) is 4.79 Å². The Morgan fingerprint density at radius 2 is 2.00 bits per heavy atom. The van der Waals surface area contributed by atoms with Crippen molar-refractivity contribution in [2.75, 3.05) is 20.1 Å². The molecule has 0 aliphatic carbocycles. The van der Waals surface area contributed by atoms with E-state index in [0.717, 1.165) is 18.7 Å². The van der Waals surface area contributed by atoms with Gasteiger partial charge in [-0.3, -0.25) is 4.79 Å². The molecule has 0 spiro atoms. The molecule has 0 radical (unpaired) electrons. The van der Waals surface area contributed by atoms with Crippen LogP contribution in [-0.4, -0.2) is 37.0 Å². The first-order valence-corrected chi connectivity index (χ1v) is 6.46. The van der Waals surface area contributed by atoms with Crippen LogP contribution in [0.15, 0.2) is 24.3 Å². The fraction of sp³-hybridized carbons (Fsp3) is 0.533. The number of hydrogen-bond donors (Lipinski definition) is 1. The second kappa shape index (κ2) is 4.73. The minimum atomic E-state index is 0.0409. The molecule has 0 saturated carbocycles. The highest BCUT2D eigenvalue weighted by atomic mass is 16.1. The van der Waals surface area contributed by atoms with Crippen molar-refractivity contribution >= 4 is 5.91 Å². The first kappa shape index (κ1) is 13.1. The zero-order valence-electron chi connectivity index (χ0n) is 11.7. The molecule has 18 heavy (non-hydrogen) atoms. The summed E-state index contributed by atoms with van der Waals surface area (Å²) in [6.07, 6.45) is 0. The van der Waals surface area contributed by atoms with E-state index in [2.05, 4.69) is 44.1 Å². The van der Waals surface area contributed by atoms with E-state index >= 15 is 0 Å². The van der Waals surface area contributed by atoms with Gasteiger partial charge >= 0.3 is 0 Å². The number of likely N-dealkylation sites (tertiary alicyclic amines) is 1. The molecule has 1 saturated heterocycles. The Morgan fingerprint density at radius 1 is 1.33 bits per heavy atom. The molecule has 0 unspecified atom stereocenters. The summed E-state index contributed by atoms with van der Waals surface area (Å²) in [7, 11) is 2.06. The van der Waals surface area contributed by atoms with Gasteiger partial charge in [0.15, 0.2) is 0 Å². The molecule has 1 aliphatic rings. The van der Waals surface area contributed by atoms with Gasteiger partial charge in [-0.2, -0.15) is 0 Å². The van der Waals surface area contributed by atoms with Gasteiger partial charge in [-0.15, -0.1) is 0 Å². The molecule has 98 valence electrons. The third-order valence-corrected chi connectivity index (χ3v) is 3.39. The summed E-state index contributed by atoms with van der Waals surface area (Å²) in [4.78, 5) is 14.3. The van der Waals surface area contributed by atoms with Crippen LogP contribution in [0.25, 0.3) is 0 Å². The van der Waals surface area contributed by atoms with Crippen molar-refractivity contribution in [1.82, 2.24) is 10.2 Å². The third-order valence-electron chi connectivity index (χ3n) is 3.39. The van der Waals surface area contributed by atoms with E-state index < -0.39 is 0 Å². The molecule has 1 heterocycles. The highest BCUT2D eigenvalue weighted by Crippen LogP contribution is 2.22. The molecule has 0 bridgehead atoms. The topological polar surface area (TPSA) is 32.3 Å². The molecule has 2 rings (SSSR count). The van der Waals surface area contributed by atoms with Crippen LogP contribution < -0.4 is 5.32 Å². The van der Waals surface area contributed by atoms with Gasteiger partial charge in [0.05, 0.1) is 6.04 Å². The summed E-state index contributed by atoms with van der Waals surface area (Å²) < 4.78 is 0. The van der Waals surface area contributed by atoms with Crippen LogP contribution >= 0.6 is 0 Å². The summed E-state index contributed by atoms with van der Waals surface area (Å²) in [6.45, 7) is 8.37. The second-order valence-corrected chi connectivity index (χ2v) is 6.22. The molecule has 1 aromatic rings. The summed E-state index contributed by atoms with van der Waals surface area (Å²) >= 11 is 0. The molecule has 1 aromatic carbocycles. The molecule has 0 aromatic heterocycles. The number of nitrogens with one attached hydrogen (secondary N) is 1. The minimum absolute atomic E-state index is 0.0409. The van der Waals surface area contributed by atoms with Crippen molar-refractivity contribution in [3.63, 3.8) is 0 Å². The summed E-state index contributed by atoms with van der Waals surface area (Å²) in [6, 6.07) is 8.22. The fourth-order valence-corrected chi connectivity index (χ4v) is 2.19. The second-order valence-electron chi connectivity index (χ2n) is 6.22. The highest BCUT2D eigenvalue weighted by molar-refractivity contribution is 5.94. The minimum Gasteiger partial charge on any atom is -0.347 e. The SMILES string of the molecule is CN1CC(NC(=O)c2cccc(C(C)(C)C)c2)C1. The lowest BCUT2D eigenvalue weighted by Crippen LogP contribution is -2.57. The number of hydrogen-bond acceptors (Lipinski definition) is 2. The zero-order valence-corrected chi connectivity index (χ0v) is 11.7. The van der Waals surface area contributed by atoms with Crippen molar-refractivity contribution in [1.29, 1.82) is 0 Å². The molecular weight excluding hydrogens is 224 g/mol. The average molecular weight is 246 g/mol. The predicted octanol–water partition coefficient (Wildman–Crippen LogP) is 2.03. The van der Waals surface area contributed by atoms with E-state index in [1.807, 2.05) is 18.2 Å². The summed E-state index contributed by atoms with van der Waals surface area (Å²) in [5.74, 6) is 0.0409. The highest BCUT2D eigenvalue weighted by Gasteiger charge is 2.25. The van der Waals surface area contributed by atoms with E-state index in [4.69, 9.17) is 0 Å². The van der Waals surface area contributed by atoms with Gasteiger partial charge in [0, 0.05) is 18.7 Å². The Morgan fingerprint density at radius 3 is 2.56 bits per heavy atom. The zero-order chi connectivity index (χ0) is 13.3. The standard InChI is InChI=1S/C15H22N2O/c1-15(2,3)12-7-5-6-11(8-12)14(18)16-13-9-17(4)10-13/h5-8,13H,9-10H2,1-4H3,(H,16,18). The van der Waals surface area contributed by atoms with Crippen molar-refractivity contribution in [3.8, 4) is 0 Å². The molecule has 3 nitrogen and oxygen atoms in total. The lowest BCUT2D eigenvalue weighted by Gasteiger charge is -2.36. The third kappa shape index (κ3) is 2.91. The normalized spacial score (nSPS) is 17.3. The first-order valence-electron chi connectivity index (χ1n) is 6.46. The Hall–Kier alpha value is -1.35. The summed E-state index contributed by atoms with van der Waals surface area (Å²) in [5.41, 5.74) is 2.03. The van der Waals surface area contributed by atoms with Crippen LogP contribution in [-0.2, 0) is 5.41 Å². The van der Waals surface area contributed by atoms with Crippen LogP contribution in [0.4, 0.5) is 0 Å². The molecular formula is C15H22N2O. The lowest BCUT2D eigenvalue weighted by atomic mass is 9.86. The van der Waals surface area contributed by atoms with Crippen molar-refractivity contribution < 1.29 is 4.79 Å². The maximum atomic E-state index is 12.1. The van der Waals surface area contributed by atoms with Crippen LogP contribution in [0, 0.1) is 0 Å². The Balaban J connectivity index is 2.06. The monoisotopic (exact) mass is 246 g/mol. The number of carbonyl (C=O) groups is 1. The van der Waals surface area contributed by atoms with Crippen LogP contribution in [0.2, 0.25) is 0 Å². The Bertz CT molecular complexity index is 442. The van der Waals surface area contributed by atoms with Crippen LogP contribution in [0.1, 0.15) is 36.7 Å². The smallest absolute Gasteiger partial charge is 0.251 e. The molecule has 1 amide bonds. The molecule has 1 N–H and O–H groups in total. The van der Waals surface area contributed by atoms with Gasteiger partial charge in [0.25, 0.3) is 5.91 Å². The number of benzene rings is 1. The van der Waals surface area contributed by atoms with Crippen molar-refractivity contribution in [2.24, 2.45) is 0 Å². The fourth-order valence-electron chi connectivity index (χ4n) is 2.19. The number of rotatable bonds is 2. The van der Waals surface area contributed by atoms with Gasteiger partial charge < -0.3 is 10.2 Å². The number of nitrogens with zero attached hydrogens (tertiary/aromatic N) is 1. The first-order chi connectivity index (χ1) is 8.36. The Labute approximate surface area is 109 Å². The largest absolute Gasteiger partial charge is 0.347 e. The molecule has 1 fully saturated rings. The molecule has 3 heteroatoms. The summed E-state index contributed by atoms with van der Waals surface area (Å²) in [5, 5.41) is 3.06. The van der Waals surface area contributed by atoms with Gasteiger partial charge in [-0.05, 0) is 30.2 Å². The van der Waals surface area contributed by atoms with E-state index in [1.54, 1.807) is 0 Å².